The van der Waals surface area contributed by atoms with Gasteiger partial charge in [-0.1, -0.05) is 29.4 Å². The Hall–Kier alpha value is -2.51. The highest BCUT2D eigenvalue weighted by molar-refractivity contribution is 5.58. The fraction of sp³-hybridized carbons (Fsp3) is 0.450. The van der Waals surface area contributed by atoms with Gasteiger partial charge in [0.2, 0.25) is 11.7 Å². The Morgan fingerprint density at radius 2 is 2.15 bits per heavy atom. The number of aromatic nitrogens is 4. The van der Waals surface area contributed by atoms with Gasteiger partial charge in [-0.05, 0) is 37.9 Å². The summed E-state index contributed by atoms with van der Waals surface area (Å²) < 4.78 is 7.31. The number of aryl methyl sites for hydroxylation is 1. The minimum Gasteiger partial charge on any atom is -0.394 e. The van der Waals surface area contributed by atoms with E-state index in [4.69, 9.17) is 9.63 Å². The van der Waals surface area contributed by atoms with Crippen molar-refractivity contribution in [2.45, 2.75) is 38.8 Å². The molecule has 2 aromatic heterocycles. The molecule has 7 heteroatoms. The summed E-state index contributed by atoms with van der Waals surface area (Å²) in [6, 6.07) is 10.1. The van der Waals surface area contributed by atoms with Crippen LogP contribution in [0.25, 0.3) is 11.4 Å². The molecular formula is C20H25N5O2. The van der Waals surface area contributed by atoms with Crippen LogP contribution in [0, 0.1) is 6.92 Å². The van der Waals surface area contributed by atoms with E-state index in [0.717, 1.165) is 42.8 Å². The minimum absolute atomic E-state index is 0.109. The van der Waals surface area contributed by atoms with Gasteiger partial charge in [-0.15, -0.1) is 0 Å². The zero-order chi connectivity index (χ0) is 18.6. The van der Waals surface area contributed by atoms with Crippen LogP contribution in [-0.2, 0) is 13.1 Å². The molecule has 0 amide bonds. The fourth-order valence-corrected chi connectivity index (χ4v) is 3.71. The van der Waals surface area contributed by atoms with Crippen LogP contribution in [0.1, 0.15) is 35.9 Å². The van der Waals surface area contributed by atoms with Gasteiger partial charge in [-0.3, -0.25) is 9.58 Å². The molecule has 4 rings (SSSR count). The second kappa shape index (κ2) is 8.02. The SMILES string of the molecule is Cc1ccccc1-c1noc(CN2CCCC(c3ccn(CCO)n3)C2)n1. The lowest BCUT2D eigenvalue weighted by atomic mass is 9.95. The average molecular weight is 367 g/mol. The number of rotatable bonds is 6. The van der Waals surface area contributed by atoms with Crippen molar-refractivity contribution in [3.63, 3.8) is 0 Å². The third-order valence-corrected chi connectivity index (χ3v) is 5.13. The summed E-state index contributed by atoms with van der Waals surface area (Å²) >= 11 is 0. The van der Waals surface area contributed by atoms with Gasteiger partial charge in [0.15, 0.2) is 0 Å². The van der Waals surface area contributed by atoms with E-state index in [1.54, 1.807) is 4.68 Å². The van der Waals surface area contributed by atoms with Gasteiger partial charge in [0, 0.05) is 24.2 Å². The number of nitrogens with zero attached hydrogens (tertiary/aromatic N) is 5. The summed E-state index contributed by atoms with van der Waals surface area (Å²) in [4.78, 5) is 6.95. The molecule has 1 saturated heterocycles. The number of benzene rings is 1. The summed E-state index contributed by atoms with van der Waals surface area (Å²) in [5.74, 6) is 1.71. The van der Waals surface area contributed by atoms with E-state index in [1.807, 2.05) is 24.4 Å². The Morgan fingerprint density at radius 3 is 3.00 bits per heavy atom. The molecule has 1 atom stereocenters. The van der Waals surface area contributed by atoms with Gasteiger partial charge < -0.3 is 9.63 Å². The van der Waals surface area contributed by atoms with Crippen molar-refractivity contribution in [3.8, 4) is 11.4 Å². The van der Waals surface area contributed by atoms with Crippen molar-refractivity contribution in [2.75, 3.05) is 19.7 Å². The summed E-state index contributed by atoms with van der Waals surface area (Å²) in [6.07, 6.45) is 4.19. The number of piperidine rings is 1. The second-order valence-corrected chi connectivity index (χ2v) is 7.13. The van der Waals surface area contributed by atoms with Crippen molar-refractivity contribution >= 4 is 0 Å². The lowest BCUT2D eigenvalue weighted by Crippen LogP contribution is -2.34. The monoisotopic (exact) mass is 367 g/mol. The highest BCUT2D eigenvalue weighted by Gasteiger charge is 2.24. The lowest BCUT2D eigenvalue weighted by molar-refractivity contribution is 0.175. The average Bonchev–Trinajstić information content (AvgIpc) is 3.33. The molecule has 0 saturated carbocycles. The zero-order valence-electron chi connectivity index (χ0n) is 15.6. The van der Waals surface area contributed by atoms with Crippen LogP contribution in [0.15, 0.2) is 41.1 Å². The van der Waals surface area contributed by atoms with E-state index < -0.39 is 0 Å². The third-order valence-electron chi connectivity index (χ3n) is 5.13. The smallest absolute Gasteiger partial charge is 0.241 e. The molecule has 1 aromatic carbocycles. The molecule has 1 unspecified atom stereocenters. The molecule has 27 heavy (non-hydrogen) atoms. The van der Waals surface area contributed by atoms with Crippen molar-refractivity contribution in [3.05, 3.63) is 53.7 Å². The molecule has 1 N–H and O–H groups in total. The van der Waals surface area contributed by atoms with Crippen LogP contribution in [0.4, 0.5) is 0 Å². The maximum Gasteiger partial charge on any atom is 0.241 e. The van der Waals surface area contributed by atoms with Gasteiger partial charge in [0.1, 0.15) is 0 Å². The molecule has 3 aromatic rings. The molecule has 1 aliphatic rings. The Labute approximate surface area is 158 Å². The van der Waals surface area contributed by atoms with Crippen molar-refractivity contribution in [1.82, 2.24) is 24.8 Å². The minimum atomic E-state index is 0.109. The molecule has 142 valence electrons. The Bertz CT molecular complexity index is 888. The summed E-state index contributed by atoms with van der Waals surface area (Å²) in [7, 11) is 0. The van der Waals surface area contributed by atoms with E-state index in [9.17, 15) is 0 Å². The van der Waals surface area contributed by atoms with E-state index in [-0.39, 0.29) is 6.61 Å². The van der Waals surface area contributed by atoms with Gasteiger partial charge >= 0.3 is 0 Å². The molecule has 1 fully saturated rings. The van der Waals surface area contributed by atoms with Crippen molar-refractivity contribution in [2.24, 2.45) is 0 Å². The highest BCUT2D eigenvalue weighted by atomic mass is 16.5. The molecule has 0 aliphatic carbocycles. The van der Waals surface area contributed by atoms with Crippen LogP contribution in [0.3, 0.4) is 0 Å². The topological polar surface area (TPSA) is 80.2 Å². The lowest BCUT2D eigenvalue weighted by Gasteiger charge is -2.30. The maximum atomic E-state index is 9.05. The van der Waals surface area contributed by atoms with Crippen LogP contribution in [-0.4, -0.2) is 49.6 Å². The van der Waals surface area contributed by atoms with Crippen molar-refractivity contribution < 1.29 is 9.63 Å². The first-order valence-corrected chi connectivity index (χ1v) is 9.48. The number of aliphatic hydroxyl groups excluding tert-OH is 1. The first-order valence-electron chi connectivity index (χ1n) is 9.48. The molecular weight excluding hydrogens is 342 g/mol. The largest absolute Gasteiger partial charge is 0.394 e. The Kier molecular flexibility index (Phi) is 5.31. The summed E-state index contributed by atoms with van der Waals surface area (Å²) in [5.41, 5.74) is 3.25. The van der Waals surface area contributed by atoms with Crippen LogP contribution < -0.4 is 0 Å². The fourth-order valence-electron chi connectivity index (χ4n) is 3.71. The van der Waals surface area contributed by atoms with Gasteiger partial charge in [0.25, 0.3) is 0 Å². The molecule has 0 radical (unpaired) electrons. The van der Waals surface area contributed by atoms with Crippen molar-refractivity contribution in [1.29, 1.82) is 0 Å². The number of aliphatic hydroxyl groups is 1. The normalized spacial score (nSPS) is 18.1. The second-order valence-electron chi connectivity index (χ2n) is 7.13. The van der Waals surface area contributed by atoms with E-state index in [2.05, 4.69) is 39.2 Å². The number of hydrogen-bond donors (Lipinski definition) is 1. The summed E-state index contributed by atoms with van der Waals surface area (Å²) in [5, 5.41) is 17.8. The third kappa shape index (κ3) is 4.09. The first-order chi connectivity index (χ1) is 13.2. The highest BCUT2D eigenvalue weighted by Crippen LogP contribution is 2.27. The maximum absolute atomic E-state index is 9.05. The molecule has 0 bridgehead atoms. The van der Waals surface area contributed by atoms with Gasteiger partial charge in [-0.2, -0.15) is 10.1 Å². The van der Waals surface area contributed by atoms with Crippen LogP contribution in [0.5, 0.6) is 0 Å². The summed E-state index contributed by atoms with van der Waals surface area (Å²) in [6.45, 7) is 5.32. The zero-order valence-corrected chi connectivity index (χ0v) is 15.6. The van der Waals surface area contributed by atoms with Crippen LogP contribution in [0.2, 0.25) is 0 Å². The standard InChI is InChI=1S/C20H25N5O2/c1-15-5-2-3-7-17(15)20-21-19(27-23-20)14-24-9-4-6-16(13-24)18-8-10-25(22-18)11-12-26/h2-3,5,7-8,10,16,26H,4,6,9,11-14H2,1H3. The number of hydrogen-bond acceptors (Lipinski definition) is 6. The van der Waals surface area contributed by atoms with E-state index in [0.29, 0.717) is 30.7 Å². The Balaban J connectivity index is 1.41. The first kappa shape index (κ1) is 17.9. The van der Waals surface area contributed by atoms with E-state index >= 15 is 0 Å². The van der Waals surface area contributed by atoms with Gasteiger partial charge in [0.05, 0.1) is 25.4 Å². The number of likely N-dealkylation sites (tertiary alicyclic amines) is 1. The predicted molar refractivity (Wildman–Crippen MR) is 101 cm³/mol. The quantitative estimate of drug-likeness (QED) is 0.721. The molecule has 3 heterocycles. The van der Waals surface area contributed by atoms with E-state index in [1.165, 1.54) is 0 Å². The predicted octanol–water partition coefficient (Wildman–Crippen LogP) is 2.61. The van der Waals surface area contributed by atoms with Crippen LogP contribution >= 0.6 is 0 Å². The molecule has 1 aliphatic heterocycles. The molecule has 7 nitrogen and oxygen atoms in total. The molecule has 0 spiro atoms. The van der Waals surface area contributed by atoms with Gasteiger partial charge in [-0.25, -0.2) is 0 Å². The Morgan fingerprint density at radius 1 is 1.26 bits per heavy atom.